The number of benzene rings is 3. The minimum Gasteiger partial charge on any atom is -0.342 e. The average molecular weight is 518 g/mol. The van der Waals surface area contributed by atoms with E-state index in [0.29, 0.717) is 28.0 Å². The third-order valence-corrected chi connectivity index (χ3v) is 6.10. The van der Waals surface area contributed by atoms with Crippen molar-refractivity contribution in [1.29, 1.82) is 0 Å². The molecule has 174 valence electrons. The van der Waals surface area contributed by atoms with Crippen LogP contribution >= 0.6 is 15.9 Å². The first kappa shape index (κ1) is 23.9. The van der Waals surface area contributed by atoms with Crippen molar-refractivity contribution in [3.05, 3.63) is 105 Å². The minimum absolute atomic E-state index is 0.171. The molecular formula is C28H28BrN3O2. The zero-order chi connectivity index (χ0) is 24.5. The Balaban J connectivity index is 1.68. The van der Waals surface area contributed by atoms with Gasteiger partial charge < -0.3 is 5.32 Å². The van der Waals surface area contributed by atoms with E-state index in [2.05, 4.69) is 42.0 Å². The Morgan fingerprint density at radius 3 is 2.29 bits per heavy atom. The summed E-state index contributed by atoms with van der Waals surface area (Å²) in [6, 6.07) is 21.9. The third kappa shape index (κ3) is 5.28. The maximum Gasteiger partial charge on any atom is 0.266 e. The van der Waals surface area contributed by atoms with Gasteiger partial charge in [0.05, 0.1) is 22.6 Å². The van der Waals surface area contributed by atoms with Crippen LogP contribution in [0.15, 0.2) is 82.1 Å². The van der Waals surface area contributed by atoms with Crippen LogP contribution in [-0.2, 0) is 6.42 Å². The standard InChI is InChI=1S/C28H28BrN3O2/c1-18(30-26(33)20-11-9-19(10-12-20)17-28(2,3)4)25-31-24-8-6-5-7-23(24)27(34)32(25)22-15-13-21(29)14-16-22/h5-16,18H,17H2,1-4H3,(H,30,33). The fourth-order valence-electron chi connectivity index (χ4n) is 4.01. The van der Waals surface area contributed by atoms with Gasteiger partial charge in [-0.1, -0.05) is 61.0 Å². The monoisotopic (exact) mass is 517 g/mol. The second kappa shape index (κ2) is 9.55. The Labute approximate surface area is 208 Å². The summed E-state index contributed by atoms with van der Waals surface area (Å²) in [6.45, 7) is 8.42. The summed E-state index contributed by atoms with van der Waals surface area (Å²) in [6.07, 6.45) is 0.936. The van der Waals surface area contributed by atoms with Gasteiger partial charge in [0, 0.05) is 10.0 Å². The number of hydrogen-bond acceptors (Lipinski definition) is 3. The molecular weight excluding hydrogens is 490 g/mol. The number of carbonyl (C=O) groups excluding carboxylic acids is 1. The number of nitrogens with zero attached hydrogens (tertiary/aromatic N) is 2. The van der Waals surface area contributed by atoms with Crippen LogP contribution in [0.1, 0.15) is 55.5 Å². The molecule has 1 atom stereocenters. The molecule has 0 fully saturated rings. The lowest BCUT2D eigenvalue weighted by molar-refractivity contribution is 0.0938. The van der Waals surface area contributed by atoms with Crippen molar-refractivity contribution >= 4 is 32.7 Å². The van der Waals surface area contributed by atoms with Crippen molar-refractivity contribution in [2.24, 2.45) is 5.41 Å². The number of halogens is 1. The van der Waals surface area contributed by atoms with Gasteiger partial charge in [-0.25, -0.2) is 4.98 Å². The Morgan fingerprint density at radius 2 is 1.65 bits per heavy atom. The molecule has 0 bridgehead atoms. The Hall–Kier alpha value is -3.25. The van der Waals surface area contributed by atoms with Crippen LogP contribution in [0.3, 0.4) is 0 Å². The number of para-hydroxylation sites is 1. The number of amides is 1. The first-order valence-corrected chi connectivity index (χ1v) is 12.1. The summed E-state index contributed by atoms with van der Waals surface area (Å²) < 4.78 is 2.49. The minimum atomic E-state index is -0.497. The van der Waals surface area contributed by atoms with Crippen molar-refractivity contribution in [1.82, 2.24) is 14.9 Å². The molecule has 6 heteroatoms. The second-order valence-electron chi connectivity index (χ2n) is 9.73. The van der Waals surface area contributed by atoms with Gasteiger partial charge in [-0.15, -0.1) is 0 Å². The van der Waals surface area contributed by atoms with E-state index < -0.39 is 6.04 Å². The molecule has 5 nitrogen and oxygen atoms in total. The Morgan fingerprint density at radius 1 is 1.00 bits per heavy atom. The molecule has 0 radical (unpaired) electrons. The molecule has 1 N–H and O–H groups in total. The zero-order valence-corrected chi connectivity index (χ0v) is 21.4. The van der Waals surface area contributed by atoms with Crippen LogP contribution in [0.4, 0.5) is 0 Å². The summed E-state index contributed by atoms with van der Waals surface area (Å²) in [5.74, 6) is 0.267. The molecule has 1 aromatic heterocycles. The second-order valence-corrected chi connectivity index (χ2v) is 10.6. The van der Waals surface area contributed by atoms with Crippen LogP contribution < -0.4 is 10.9 Å². The van der Waals surface area contributed by atoms with Gasteiger partial charge in [-0.3, -0.25) is 14.2 Å². The lowest BCUT2D eigenvalue weighted by atomic mass is 9.88. The van der Waals surface area contributed by atoms with Gasteiger partial charge in [0.15, 0.2) is 0 Å². The number of nitrogens with one attached hydrogen (secondary N) is 1. The van der Waals surface area contributed by atoms with E-state index in [0.717, 1.165) is 10.9 Å². The highest BCUT2D eigenvalue weighted by molar-refractivity contribution is 9.10. The number of aromatic nitrogens is 2. The Kier molecular flexibility index (Phi) is 6.71. The molecule has 0 saturated carbocycles. The number of carbonyl (C=O) groups is 1. The van der Waals surface area contributed by atoms with Gasteiger partial charge in [-0.2, -0.15) is 0 Å². The molecule has 4 rings (SSSR count). The summed E-state index contributed by atoms with van der Waals surface area (Å²) in [5, 5.41) is 3.55. The summed E-state index contributed by atoms with van der Waals surface area (Å²) in [4.78, 5) is 31.3. The molecule has 0 aliphatic heterocycles. The van der Waals surface area contributed by atoms with Crippen molar-refractivity contribution in [3.8, 4) is 5.69 Å². The summed E-state index contributed by atoms with van der Waals surface area (Å²) in [5.41, 5.74) is 3.06. The predicted molar refractivity (Wildman–Crippen MR) is 141 cm³/mol. The molecule has 0 aliphatic carbocycles. The molecule has 0 aliphatic rings. The quantitative estimate of drug-likeness (QED) is 0.341. The highest BCUT2D eigenvalue weighted by Crippen LogP contribution is 2.22. The molecule has 3 aromatic carbocycles. The van der Waals surface area contributed by atoms with E-state index >= 15 is 0 Å². The van der Waals surface area contributed by atoms with Crippen molar-refractivity contribution in [2.45, 2.75) is 40.2 Å². The van der Waals surface area contributed by atoms with Gasteiger partial charge in [0.1, 0.15) is 5.82 Å². The van der Waals surface area contributed by atoms with E-state index in [4.69, 9.17) is 4.98 Å². The molecule has 34 heavy (non-hydrogen) atoms. The fraction of sp³-hybridized carbons (Fsp3) is 0.250. The zero-order valence-electron chi connectivity index (χ0n) is 19.8. The summed E-state index contributed by atoms with van der Waals surface area (Å²) >= 11 is 3.44. The maximum absolute atomic E-state index is 13.4. The van der Waals surface area contributed by atoms with E-state index in [1.807, 2.05) is 73.7 Å². The number of rotatable bonds is 5. The van der Waals surface area contributed by atoms with Crippen molar-refractivity contribution in [3.63, 3.8) is 0 Å². The van der Waals surface area contributed by atoms with E-state index in [1.165, 1.54) is 5.56 Å². The third-order valence-electron chi connectivity index (χ3n) is 5.57. The largest absolute Gasteiger partial charge is 0.342 e. The highest BCUT2D eigenvalue weighted by Gasteiger charge is 2.20. The average Bonchev–Trinajstić information content (AvgIpc) is 2.79. The maximum atomic E-state index is 13.4. The van der Waals surface area contributed by atoms with E-state index in [1.54, 1.807) is 10.6 Å². The molecule has 1 heterocycles. The lowest BCUT2D eigenvalue weighted by Gasteiger charge is -2.20. The van der Waals surface area contributed by atoms with Crippen LogP contribution in [0.2, 0.25) is 0 Å². The van der Waals surface area contributed by atoms with E-state index in [-0.39, 0.29) is 16.9 Å². The SMILES string of the molecule is CC(NC(=O)c1ccc(CC(C)(C)C)cc1)c1nc2ccccc2c(=O)n1-c1ccc(Br)cc1. The van der Waals surface area contributed by atoms with Gasteiger partial charge in [-0.05, 0) is 72.9 Å². The Bertz CT molecular complexity index is 1380. The van der Waals surface area contributed by atoms with Crippen molar-refractivity contribution < 1.29 is 4.79 Å². The molecule has 0 spiro atoms. The summed E-state index contributed by atoms with van der Waals surface area (Å²) in [7, 11) is 0. The normalized spacial score (nSPS) is 12.5. The van der Waals surface area contributed by atoms with Crippen LogP contribution in [0, 0.1) is 5.41 Å². The number of hydrogen-bond donors (Lipinski definition) is 1. The first-order valence-electron chi connectivity index (χ1n) is 11.3. The first-order chi connectivity index (χ1) is 16.1. The van der Waals surface area contributed by atoms with E-state index in [9.17, 15) is 9.59 Å². The van der Waals surface area contributed by atoms with Crippen LogP contribution in [-0.4, -0.2) is 15.5 Å². The van der Waals surface area contributed by atoms with Gasteiger partial charge >= 0.3 is 0 Å². The van der Waals surface area contributed by atoms with Gasteiger partial charge in [0.2, 0.25) is 0 Å². The predicted octanol–water partition coefficient (Wildman–Crippen LogP) is 6.23. The van der Waals surface area contributed by atoms with Crippen LogP contribution in [0.25, 0.3) is 16.6 Å². The molecule has 1 unspecified atom stereocenters. The molecule has 4 aromatic rings. The van der Waals surface area contributed by atoms with Crippen LogP contribution in [0.5, 0.6) is 0 Å². The lowest BCUT2D eigenvalue weighted by Crippen LogP contribution is -2.33. The highest BCUT2D eigenvalue weighted by atomic mass is 79.9. The molecule has 1 amide bonds. The smallest absolute Gasteiger partial charge is 0.266 e. The fourth-order valence-corrected chi connectivity index (χ4v) is 4.28. The topological polar surface area (TPSA) is 64.0 Å². The number of fused-ring (bicyclic) bond motifs is 1. The molecule has 0 saturated heterocycles. The van der Waals surface area contributed by atoms with Crippen molar-refractivity contribution in [2.75, 3.05) is 0 Å². The van der Waals surface area contributed by atoms with Gasteiger partial charge in [0.25, 0.3) is 11.5 Å².